The number of rotatable bonds is 3. The summed E-state index contributed by atoms with van der Waals surface area (Å²) in [6.45, 7) is 3.71. The van der Waals surface area contributed by atoms with Gasteiger partial charge in [-0.15, -0.1) is 0 Å². The third-order valence-corrected chi connectivity index (χ3v) is 2.28. The molecule has 0 radical (unpaired) electrons. The van der Waals surface area contributed by atoms with Gasteiger partial charge in [0.2, 0.25) is 5.88 Å². The van der Waals surface area contributed by atoms with Crippen molar-refractivity contribution in [3.05, 3.63) is 22.8 Å². The molecule has 0 aliphatic rings. The third kappa shape index (κ3) is 1.83. The smallest absolute Gasteiger partial charge is 0.222 e. The first-order chi connectivity index (χ1) is 6.24. The second-order valence-corrected chi connectivity index (χ2v) is 3.21. The number of halogens is 1. The summed E-state index contributed by atoms with van der Waals surface area (Å²) in [7, 11) is 3.43. The molecule has 0 saturated heterocycles. The molecule has 0 unspecified atom stereocenters. The zero-order valence-electron chi connectivity index (χ0n) is 7.60. The van der Waals surface area contributed by atoms with Crippen LogP contribution >= 0.6 is 15.9 Å². The standard InChI is InChI=1S/C9H11BrN2O/c1-4-6-8(11-2)7(10)5-12-9(6)13-3/h4-5H,1H2,2-3H3,(H,11,12). The lowest BCUT2D eigenvalue weighted by molar-refractivity contribution is 0.397. The van der Waals surface area contributed by atoms with Gasteiger partial charge >= 0.3 is 0 Å². The molecule has 3 nitrogen and oxygen atoms in total. The van der Waals surface area contributed by atoms with E-state index in [-0.39, 0.29) is 0 Å². The predicted octanol–water partition coefficient (Wildman–Crippen LogP) is 2.54. The van der Waals surface area contributed by atoms with Crippen LogP contribution in [0.5, 0.6) is 5.88 Å². The van der Waals surface area contributed by atoms with Crippen molar-refractivity contribution in [3.63, 3.8) is 0 Å². The van der Waals surface area contributed by atoms with Gasteiger partial charge in [0.1, 0.15) is 0 Å². The van der Waals surface area contributed by atoms with Gasteiger partial charge in [-0.1, -0.05) is 12.7 Å². The van der Waals surface area contributed by atoms with Crippen molar-refractivity contribution >= 4 is 27.7 Å². The fourth-order valence-corrected chi connectivity index (χ4v) is 1.61. The fourth-order valence-electron chi connectivity index (χ4n) is 1.09. The minimum atomic E-state index is 0.572. The van der Waals surface area contributed by atoms with Gasteiger partial charge in [-0.25, -0.2) is 4.98 Å². The molecule has 1 aromatic rings. The van der Waals surface area contributed by atoms with Gasteiger partial charge in [-0.2, -0.15) is 0 Å². The van der Waals surface area contributed by atoms with E-state index in [1.807, 2.05) is 7.05 Å². The topological polar surface area (TPSA) is 34.1 Å². The monoisotopic (exact) mass is 242 g/mol. The van der Waals surface area contributed by atoms with E-state index in [9.17, 15) is 0 Å². The molecule has 0 aliphatic carbocycles. The Balaban J connectivity index is 3.36. The van der Waals surface area contributed by atoms with E-state index < -0.39 is 0 Å². The predicted molar refractivity (Wildman–Crippen MR) is 58.1 cm³/mol. The van der Waals surface area contributed by atoms with Crippen LogP contribution in [-0.4, -0.2) is 19.1 Å². The zero-order valence-corrected chi connectivity index (χ0v) is 9.18. The van der Waals surface area contributed by atoms with Crippen molar-refractivity contribution in [2.75, 3.05) is 19.5 Å². The first kappa shape index (κ1) is 10.1. The Labute approximate surface area is 86.0 Å². The molecule has 1 heterocycles. The first-order valence-electron chi connectivity index (χ1n) is 3.77. The highest BCUT2D eigenvalue weighted by Gasteiger charge is 2.09. The molecule has 13 heavy (non-hydrogen) atoms. The lowest BCUT2D eigenvalue weighted by Gasteiger charge is -2.10. The summed E-state index contributed by atoms with van der Waals surface area (Å²) in [5.74, 6) is 0.572. The van der Waals surface area contributed by atoms with Gasteiger partial charge in [-0.05, 0) is 15.9 Å². The van der Waals surface area contributed by atoms with Crippen LogP contribution in [0.4, 0.5) is 5.69 Å². The van der Waals surface area contributed by atoms with Crippen LogP contribution in [0.15, 0.2) is 17.2 Å². The molecular weight excluding hydrogens is 232 g/mol. The van der Waals surface area contributed by atoms with Crippen LogP contribution in [0.25, 0.3) is 6.08 Å². The fraction of sp³-hybridized carbons (Fsp3) is 0.222. The molecule has 0 saturated carbocycles. The second-order valence-electron chi connectivity index (χ2n) is 2.36. The molecule has 0 spiro atoms. The van der Waals surface area contributed by atoms with Crippen molar-refractivity contribution in [1.29, 1.82) is 0 Å². The molecule has 4 heteroatoms. The minimum Gasteiger partial charge on any atom is -0.481 e. The molecule has 0 atom stereocenters. The van der Waals surface area contributed by atoms with Crippen LogP contribution in [-0.2, 0) is 0 Å². The van der Waals surface area contributed by atoms with Crippen LogP contribution in [0.2, 0.25) is 0 Å². The highest BCUT2D eigenvalue weighted by Crippen LogP contribution is 2.31. The highest BCUT2D eigenvalue weighted by molar-refractivity contribution is 9.10. The zero-order chi connectivity index (χ0) is 9.84. The molecule has 0 fully saturated rings. The summed E-state index contributed by atoms with van der Waals surface area (Å²) < 4.78 is 5.98. The quantitative estimate of drug-likeness (QED) is 0.885. The van der Waals surface area contributed by atoms with Crippen molar-refractivity contribution in [3.8, 4) is 5.88 Å². The summed E-state index contributed by atoms with van der Waals surface area (Å²) in [5, 5.41) is 3.05. The Morgan fingerprint density at radius 2 is 2.38 bits per heavy atom. The number of aromatic nitrogens is 1. The second kappa shape index (κ2) is 4.28. The highest BCUT2D eigenvalue weighted by atomic mass is 79.9. The number of pyridine rings is 1. The number of methoxy groups -OCH3 is 1. The minimum absolute atomic E-state index is 0.572. The number of hydrogen-bond acceptors (Lipinski definition) is 3. The summed E-state index contributed by atoms with van der Waals surface area (Å²) in [4.78, 5) is 4.10. The number of nitrogens with zero attached hydrogens (tertiary/aromatic N) is 1. The van der Waals surface area contributed by atoms with E-state index in [2.05, 4.69) is 32.8 Å². The number of nitrogens with one attached hydrogen (secondary N) is 1. The van der Waals surface area contributed by atoms with Crippen LogP contribution in [0.3, 0.4) is 0 Å². The Morgan fingerprint density at radius 3 is 2.85 bits per heavy atom. The van der Waals surface area contributed by atoms with Gasteiger partial charge in [-0.3, -0.25) is 0 Å². The molecule has 70 valence electrons. The number of ether oxygens (including phenoxy) is 1. The van der Waals surface area contributed by atoms with E-state index in [4.69, 9.17) is 4.74 Å². The number of hydrogen-bond donors (Lipinski definition) is 1. The summed E-state index contributed by atoms with van der Waals surface area (Å²) in [6.07, 6.45) is 3.40. The van der Waals surface area contributed by atoms with Gasteiger partial charge in [0.15, 0.2) is 0 Å². The Bertz CT molecular complexity index is 326. The van der Waals surface area contributed by atoms with E-state index in [1.165, 1.54) is 0 Å². The maximum Gasteiger partial charge on any atom is 0.222 e. The summed E-state index contributed by atoms with van der Waals surface area (Å²) in [5.41, 5.74) is 1.79. The maximum absolute atomic E-state index is 5.09. The average Bonchev–Trinajstić information content (AvgIpc) is 2.17. The Hall–Kier alpha value is -1.03. The molecule has 0 bridgehead atoms. The molecule has 0 amide bonds. The summed E-state index contributed by atoms with van der Waals surface area (Å²) in [6, 6.07) is 0. The van der Waals surface area contributed by atoms with E-state index in [1.54, 1.807) is 19.4 Å². The van der Waals surface area contributed by atoms with Gasteiger partial charge in [0.05, 0.1) is 22.8 Å². The number of anilines is 1. The van der Waals surface area contributed by atoms with Crippen molar-refractivity contribution in [2.45, 2.75) is 0 Å². The molecule has 0 aromatic carbocycles. The van der Waals surface area contributed by atoms with Gasteiger partial charge < -0.3 is 10.1 Å². The molecule has 1 N–H and O–H groups in total. The van der Waals surface area contributed by atoms with E-state index in [0.717, 1.165) is 15.7 Å². The third-order valence-electron chi connectivity index (χ3n) is 1.68. The van der Waals surface area contributed by atoms with Crippen molar-refractivity contribution in [2.24, 2.45) is 0 Å². The van der Waals surface area contributed by atoms with Gasteiger partial charge in [0, 0.05) is 13.2 Å². The van der Waals surface area contributed by atoms with Crippen LogP contribution in [0, 0.1) is 0 Å². The maximum atomic E-state index is 5.09. The SMILES string of the molecule is C=Cc1c(OC)ncc(Br)c1NC. The molecular formula is C9H11BrN2O. The van der Waals surface area contributed by atoms with Crippen LogP contribution in [0.1, 0.15) is 5.56 Å². The van der Waals surface area contributed by atoms with Crippen LogP contribution < -0.4 is 10.1 Å². The normalized spacial score (nSPS) is 9.46. The molecule has 0 aliphatic heterocycles. The average molecular weight is 243 g/mol. The lowest BCUT2D eigenvalue weighted by atomic mass is 10.2. The first-order valence-corrected chi connectivity index (χ1v) is 4.56. The van der Waals surface area contributed by atoms with Crippen molar-refractivity contribution in [1.82, 2.24) is 4.98 Å². The van der Waals surface area contributed by atoms with Gasteiger partial charge in [0.25, 0.3) is 0 Å². The molecule has 1 aromatic heterocycles. The van der Waals surface area contributed by atoms with Crippen molar-refractivity contribution < 1.29 is 4.74 Å². The largest absolute Gasteiger partial charge is 0.481 e. The Morgan fingerprint density at radius 1 is 1.69 bits per heavy atom. The van der Waals surface area contributed by atoms with E-state index >= 15 is 0 Å². The lowest BCUT2D eigenvalue weighted by Crippen LogP contribution is -1.98. The summed E-state index contributed by atoms with van der Waals surface area (Å²) >= 11 is 3.38. The Kier molecular flexibility index (Phi) is 3.31. The molecule has 1 rings (SSSR count). The van der Waals surface area contributed by atoms with E-state index in [0.29, 0.717) is 5.88 Å².